The number of rotatable bonds is 5. The summed E-state index contributed by atoms with van der Waals surface area (Å²) in [6, 6.07) is 6.92. The Morgan fingerprint density at radius 2 is 1.95 bits per heavy atom. The normalized spacial score (nSPS) is 15.6. The lowest BCUT2D eigenvalue weighted by atomic mass is 9.87. The molecule has 0 aliphatic heterocycles. The number of anilines is 1. The minimum absolute atomic E-state index is 0.0290. The van der Waals surface area contributed by atoms with Gasteiger partial charge in [0.1, 0.15) is 0 Å². The van der Waals surface area contributed by atoms with Crippen LogP contribution in [0.5, 0.6) is 0 Å². The lowest BCUT2D eigenvalue weighted by molar-refractivity contribution is -0.117. The van der Waals surface area contributed by atoms with E-state index >= 15 is 0 Å². The first-order valence-electron chi connectivity index (χ1n) is 8.15. The fourth-order valence-corrected chi connectivity index (χ4v) is 2.87. The van der Waals surface area contributed by atoms with Crippen LogP contribution in [0.1, 0.15) is 62.7 Å². The maximum atomic E-state index is 12.1. The molecule has 0 saturated heterocycles. The Bertz CT molecular complexity index is 519. The highest BCUT2D eigenvalue weighted by atomic mass is 16.5. The van der Waals surface area contributed by atoms with Crippen molar-refractivity contribution in [1.82, 2.24) is 0 Å². The third-order valence-electron chi connectivity index (χ3n) is 3.92. The predicted molar refractivity (Wildman–Crippen MR) is 86.8 cm³/mol. The molecule has 1 aromatic carbocycles. The first-order chi connectivity index (χ1) is 10.5. The van der Waals surface area contributed by atoms with E-state index in [1.54, 1.807) is 24.3 Å². The summed E-state index contributed by atoms with van der Waals surface area (Å²) >= 11 is 0. The summed E-state index contributed by atoms with van der Waals surface area (Å²) in [7, 11) is 0. The van der Waals surface area contributed by atoms with Crippen LogP contribution < -0.4 is 5.32 Å². The zero-order valence-corrected chi connectivity index (χ0v) is 13.4. The molecule has 1 aromatic rings. The minimum Gasteiger partial charge on any atom is -0.459 e. The second-order valence-corrected chi connectivity index (χ2v) is 6.29. The molecule has 1 aliphatic carbocycles. The van der Waals surface area contributed by atoms with Gasteiger partial charge in [0.2, 0.25) is 5.91 Å². The van der Waals surface area contributed by atoms with E-state index < -0.39 is 0 Å². The fraction of sp³-hybridized carbons (Fsp3) is 0.556. The third kappa shape index (κ3) is 5.17. The van der Waals surface area contributed by atoms with Gasteiger partial charge in [-0.3, -0.25) is 4.79 Å². The van der Waals surface area contributed by atoms with Crippen LogP contribution in [-0.4, -0.2) is 18.0 Å². The first kappa shape index (κ1) is 16.5. The van der Waals surface area contributed by atoms with Gasteiger partial charge in [0, 0.05) is 12.1 Å². The molecule has 4 heteroatoms. The second-order valence-electron chi connectivity index (χ2n) is 6.29. The monoisotopic (exact) mass is 303 g/mol. The molecule has 0 aromatic heterocycles. The summed E-state index contributed by atoms with van der Waals surface area (Å²) in [6.45, 7) is 3.63. The smallest absolute Gasteiger partial charge is 0.338 e. The van der Waals surface area contributed by atoms with Crippen molar-refractivity contribution in [3.05, 3.63) is 29.8 Å². The topological polar surface area (TPSA) is 55.4 Å². The van der Waals surface area contributed by atoms with Crippen LogP contribution in [0, 0.1) is 5.92 Å². The SMILES string of the molecule is CC(C)OC(=O)c1cccc(NC(=O)CC2CCCCC2)c1. The number of carbonyl (C=O) groups is 2. The van der Waals surface area contributed by atoms with Gasteiger partial charge in [-0.15, -0.1) is 0 Å². The third-order valence-corrected chi connectivity index (χ3v) is 3.92. The van der Waals surface area contributed by atoms with Crippen molar-refractivity contribution >= 4 is 17.6 Å². The van der Waals surface area contributed by atoms with Gasteiger partial charge in [-0.05, 0) is 50.8 Å². The number of hydrogen-bond donors (Lipinski definition) is 1. The predicted octanol–water partition coefficient (Wildman–Crippen LogP) is 4.16. The average Bonchev–Trinajstić information content (AvgIpc) is 2.47. The number of benzene rings is 1. The van der Waals surface area contributed by atoms with Crippen LogP contribution in [0.3, 0.4) is 0 Å². The Kier molecular flexibility index (Phi) is 5.99. The van der Waals surface area contributed by atoms with Crippen LogP contribution in [-0.2, 0) is 9.53 Å². The molecule has 1 N–H and O–H groups in total. The number of ether oxygens (including phenoxy) is 1. The van der Waals surface area contributed by atoms with E-state index in [0.29, 0.717) is 23.6 Å². The molecule has 1 saturated carbocycles. The standard InChI is InChI=1S/C18H25NO3/c1-13(2)22-18(21)15-9-6-10-16(12-15)19-17(20)11-14-7-4-3-5-8-14/h6,9-10,12-14H,3-5,7-8,11H2,1-2H3,(H,19,20). The van der Waals surface area contributed by atoms with Crippen LogP contribution in [0.15, 0.2) is 24.3 Å². The van der Waals surface area contributed by atoms with Gasteiger partial charge < -0.3 is 10.1 Å². The summed E-state index contributed by atoms with van der Waals surface area (Å²) in [5.41, 5.74) is 1.11. The Hall–Kier alpha value is -1.84. The summed E-state index contributed by atoms with van der Waals surface area (Å²) < 4.78 is 5.17. The van der Waals surface area contributed by atoms with E-state index in [-0.39, 0.29) is 18.0 Å². The summed E-state index contributed by atoms with van der Waals surface area (Å²) in [5, 5.41) is 2.89. The van der Waals surface area contributed by atoms with E-state index in [9.17, 15) is 9.59 Å². The quantitative estimate of drug-likeness (QED) is 0.831. The highest BCUT2D eigenvalue weighted by Crippen LogP contribution is 2.26. The average molecular weight is 303 g/mol. The van der Waals surface area contributed by atoms with Crippen LogP contribution >= 0.6 is 0 Å². The molecule has 0 unspecified atom stereocenters. The molecule has 0 heterocycles. The van der Waals surface area contributed by atoms with Crippen molar-refractivity contribution in [3.63, 3.8) is 0 Å². The van der Waals surface area contributed by atoms with E-state index in [4.69, 9.17) is 4.74 Å². The molecule has 120 valence electrons. The van der Waals surface area contributed by atoms with Gasteiger partial charge in [-0.2, -0.15) is 0 Å². The Morgan fingerprint density at radius 1 is 1.23 bits per heavy atom. The summed E-state index contributed by atoms with van der Waals surface area (Å²) in [5.74, 6) is 0.169. The minimum atomic E-state index is -0.363. The Labute approximate surface area is 132 Å². The molecule has 1 fully saturated rings. The number of amides is 1. The lowest BCUT2D eigenvalue weighted by Gasteiger charge is -2.20. The maximum Gasteiger partial charge on any atom is 0.338 e. The molecule has 1 amide bonds. The first-order valence-corrected chi connectivity index (χ1v) is 8.15. The van der Waals surface area contributed by atoms with Crippen LogP contribution in [0.2, 0.25) is 0 Å². The zero-order chi connectivity index (χ0) is 15.9. The van der Waals surface area contributed by atoms with Gasteiger partial charge >= 0.3 is 5.97 Å². The van der Waals surface area contributed by atoms with Crippen molar-refractivity contribution in [1.29, 1.82) is 0 Å². The molecule has 22 heavy (non-hydrogen) atoms. The summed E-state index contributed by atoms with van der Waals surface area (Å²) in [6.07, 6.45) is 6.46. The molecule has 0 spiro atoms. The molecule has 1 aliphatic rings. The largest absolute Gasteiger partial charge is 0.459 e. The van der Waals surface area contributed by atoms with Gasteiger partial charge in [0.05, 0.1) is 11.7 Å². The fourth-order valence-electron chi connectivity index (χ4n) is 2.87. The highest BCUT2D eigenvalue weighted by molar-refractivity contribution is 5.94. The van der Waals surface area contributed by atoms with E-state index in [1.165, 1.54) is 19.3 Å². The zero-order valence-electron chi connectivity index (χ0n) is 13.4. The molecular weight excluding hydrogens is 278 g/mol. The lowest BCUT2D eigenvalue weighted by Crippen LogP contribution is -2.18. The second kappa shape index (κ2) is 7.97. The van der Waals surface area contributed by atoms with Gasteiger partial charge in [-0.25, -0.2) is 4.79 Å². The van der Waals surface area contributed by atoms with E-state index in [0.717, 1.165) is 12.8 Å². The van der Waals surface area contributed by atoms with Crippen molar-refractivity contribution in [2.45, 2.75) is 58.5 Å². The van der Waals surface area contributed by atoms with Crippen LogP contribution in [0.4, 0.5) is 5.69 Å². The van der Waals surface area contributed by atoms with Crippen molar-refractivity contribution < 1.29 is 14.3 Å². The van der Waals surface area contributed by atoms with Gasteiger partial charge in [0.15, 0.2) is 0 Å². The number of hydrogen-bond acceptors (Lipinski definition) is 3. The molecule has 0 radical (unpaired) electrons. The maximum absolute atomic E-state index is 12.1. The molecule has 2 rings (SSSR count). The van der Waals surface area contributed by atoms with Gasteiger partial charge in [-0.1, -0.05) is 25.3 Å². The Morgan fingerprint density at radius 3 is 2.64 bits per heavy atom. The van der Waals surface area contributed by atoms with Crippen LogP contribution in [0.25, 0.3) is 0 Å². The number of carbonyl (C=O) groups excluding carboxylic acids is 2. The number of esters is 1. The number of nitrogens with one attached hydrogen (secondary N) is 1. The van der Waals surface area contributed by atoms with Crippen molar-refractivity contribution in [2.75, 3.05) is 5.32 Å². The van der Waals surface area contributed by atoms with E-state index in [1.807, 2.05) is 13.8 Å². The van der Waals surface area contributed by atoms with Crippen molar-refractivity contribution in [2.24, 2.45) is 5.92 Å². The van der Waals surface area contributed by atoms with Gasteiger partial charge in [0.25, 0.3) is 0 Å². The molecule has 0 bridgehead atoms. The summed E-state index contributed by atoms with van der Waals surface area (Å²) in [4.78, 5) is 24.0. The highest BCUT2D eigenvalue weighted by Gasteiger charge is 2.17. The molecule has 0 atom stereocenters. The molecule has 4 nitrogen and oxygen atoms in total. The van der Waals surface area contributed by atoms with Crippen molar-refractivity contribution in [3.8, 4) is 0 Å². The van der Waals surface area contributed by atoms with E-state index in [2.05, 4.69) is 5.32 Å². The molecular formula is C18H25NO3. The Balaban J connectivity index is 1.91.